The van der Waals surface area contributed by atoms with Crippen LogP contribution >= 0.6 is 11.6 Å². The third kappa shape index (κ3) is 2.82. The monoisotopic (exact) mass is 326 g/mol. The van der Waals surface area contributed by atoms with Gasteiger partial charge in [0, 0.05) is 30.8 Å². The Morgan fingerprint density at radius 2 is 2.04 bits per heavy atom. The van der Waals surface area contributed by atoms with Crippen LogP contribution in [0.1, 0.15) is 5.69 Å². The van der Waals surface area contributed by atoms with Crippen LogP contribution in [0.4, 0.5) is 5.82 Å². The van der Waals surface area contributed by atoms with Gasteiger partial charge < -0.3 is 9.64 Å². The first kappa shape index (κ1) is 14.3. The number of hydrogen-bond donors (Lipinski definition) is 0. The molecule has 23 heavy (non-hydrogen) atoms. The molecule has 116 valence electrons. The van der Waals surface area contributed by atoms with Crippen LogP contribution in [0.3, 0.4) is 0 Å². The number of nitrogens with zero attached hydrogens (tertiary/aromatic N) is 4. The molecule has 0 spiro atoms. The molecule has 0 bridgehead atoms. The lowest BCUT2D eigenvalue weighted by molar-refractivity contribution is 0.122. The van der Waals surface area contributed by atoms with Crippen LogP contribution in [0.25, 0.3) is 11.2 Å². The van der Waals surface area contributed by atoms with Crippen LogP contribution in [-0.4, -0.2) is 40.9 Å². The molecule has 1 fully saturated rings. The molecule has 0 amide bonds. The van der Waals surface area contributed by atoms with Gasteiger partial charge in [-0.25, -0.2) is 4.98 Å². The zero-order valence-corrected chi connectivity index (χ0v) is 13.2. The molecule has 0 N–H and O–H groups in total. The quantitative estimate of drug-likeness (QED) is 0.628. The predicted molar refractivity (Wildman–Crippen MR) is 90.8 cm³/mol. The summed E-state index contributed by atoms with van der Waals surface area (Å²) in [5.41, 5.74) is 5.66. The van der Waals surface area contributed by atoms with Gasteiger partial charge in [-0.15, -0.1) is 5.73 Å². The van der Waals surface area contributed by atoms with Crippen molar-refractivity contribution in [2.45, 2.75) is 0 Å². The smallest absolute Gasteiger partial charge is 0.159 e. The number of rotatable bonds is 2. The SMILES string of the molecule is Clc1cc(N2CCOCC2)n2nc(C3=CC=C=CC=C3)cc2n1. The predicted octanol–water partition coefficient (Wildman–Crippen LogP) is 2.88. The van der Waals surface area contributed by atoms with Crippen molar-refractivity contribution in [3.8, 4) is 0 Å². The molecule has 0 unspecified atom stereocenters. The Kier molecular flexibility index (Phi) is 3.75. The zero-order chi connectivity index (χ0) is 15.6. The Morgan fingerprint density at radius 3 is 2.91 bits per heavy atom. The van der Waals surface area contributed by atoms with Crippen molar-refractivity contribution in [2.75, 3.05) is 31.2 Å². The fourth-order valence-corrected chi connectivity index (χ4v) is 2.90. The summed E-state index contributed by atoms with van der Waals surface area (Å²) in [6, 6.07) is 3.81. The van der Waals surface area contributed by atoms with E-state index >= 15 is 0 Å². The van der Waals surface area contributed by atoms with E-state index in [2.05, 4.69) is 15.6 Å². The van der Waals surface area contributed by atoms with Crippen LogP contribution in [0.5, 0.6) is 0 Å². The summed E-state index contributed by atoms with van der Waals surface area (Å²) >= 11 is 6.20. The van der Waals surface area contributed by atoms with E-state index in [-0.39, 0.29) is 0 Å². The van der Waals surface area contributed by atoms with Crippen molar-refractivity contribution in [3.63, 3.8) is 0 Å². The molecule has 1 aliphatic heterocycles. The van der Waals surface area contributed by atoms with E-state index < -0.39 is 0 Å². The van der Waals surface area contributed by atoms with Crippen LogP contribution in [0.2, 0.25) is 5.15 Å². The molecule has 1 aliphatic carbocycles. The number of halogens is 1. The average molecular weight is 327 g/mol. The summed E-state index contributed by atoms with van der Waals surface area (Å²) in [5.74, 6) is 0.946. The minimum absolute atomic E-state index is 0.470. The molecular formula is C17H15ClN4O. The summed E-state index contributed by atoms with van der Waals surface area (Å²) in [4.78, 5) is 6.61. The Labute approximate surface area is 138 Å². The summed E-state index contributed by atoms with van der Waals surface area (Å²) < 4.78 is 7.28. The van der Waals surface area contributed by atoms with Crippen molar-refractivity contribution in [3.05, 3.63) is 59.1 Å². The molecule has 2 aromatic heterocycles. The van der Waals surface area contributed by atoms with E-state index in [0.717, 1.165) is 35.8 Å². The molecule has 2 aliphatic rings. The van der Waals surface area contributed by atoms with Gasteiger partial charge in [0.2, 0.25) is 0 Å². The number of ether oxygens (including phenoxy) is 1. The molecular weight excluding hydrogens is 312 g/mol. The highest BCUT2D eigenvalue weighted by molar-refractivity contribution is 6.29. The number of morpholine rings is 1. The van der Waals surface area contributed by atoms with Crippen LogP contribution in [0, 0.1) is 0 Å². The second-order valence-electron chi connectivity index (χ2n) is 5.32. The first-order valence-corrected chi connectivity index (χ1v) is 7.88. The fraction of sp³-hybridized carbons (Fsp3) is 0.235. The zero-order valence-electron chi connectivity index (χ0n) is 12.4. The lowest BCUT2D eigenvalue weighted by Crippen LogP contribution is -2.37. The minimum atomic E-state index is 0.470. The molecule has 5 nitrogen and oxygen atoms in total. The van der Waals surface area contributed by atoms with E-state index in [1.54, 1.807) is 0 Å². The topological polar surface area (TPSA) is 42.7 Å². The molecule has 2 aromatic rings. The maximum Gasteiger partial charge on any atom is 0.159 e. The molecule has 0 radical (unpaired) electrons. The molecule has 1 saturated heterocycles. The molecule has 4 rings (SSSR count). The van der Waals surface area contributed by atoms with E-state index in [1.165, 1.54) is 0 Å². The van der Waals surface area contributed by atoms with Crippen molar-refractivity contribution in [1.82, 2.24) is 14.6 Å². The number of hydrogen-bond acceptors (Lipinski definition) is 4. The van der Waals surface area contributed by atoms with Gasteiger partial charge >= 0.3 is 0 Å². The van der Waals surface area contributed by atoms with Gasteiger partial charge in [-0.05, 0) is 18.2 Å². The summed E-state index contributed by atoms with van der Waals surface area (Å²) in [7, 11) is 0. The number of aromatic nitrogens is 3. The lowest BCUT2D eigenvalue weighted by Gasteiger charge is -2.28. The Bertz CT molecular complexity index is 868. The van der Waals surface area contributed by atoms with Gasteiger partial charge in [-0.1, -0.05) is 23.8 Å². The Morgan fingerprint density at radius 1 is 1.17 bits per heavy atom. The first-order chi connectivity index (χ1) is 11.3. The lowest BCUT2D eigenvalue weighted by atomic mass is 10.1. The molecule has 0 atom stereocenters. The van der Waals surface area contributed by atoms with Crippen molar-refractivity contribution in [1.29, 1.82) is 0 Å². The van der Waals surface area contributed by atoms with Gasteiger partial charge in [0.15, 0.2) is 5.65 Å². The molecule has 0 aromatic carbocycles. The van der Waals surface area contributed by atoms with Crippen LogP contribution in [-0.2, 0) is 4.74 Å². The maximum absolute atomic E-state index is 6.20. The fourth-order valence-electron chi connectivity index (χ4n) is 2.71. The summed E-state index contributed by atoms with van der Waals surface area (Å²) in [5, 5.41) is 5.20. The van der Waals surface area contributed by atoms with Gasteiger partial charge in [-0.3, -0.25) is 0 Å². The van der Waals surface area contributed by atoms with E-state index in [4.69, 9.17) is 21.4 Å². The van der Waals surface area contributed by atoms with E-state index in [0.29, 0.717) is 18.4 Å². The van der Waals surface area contributed by atoms with Crippen LogP contribution < -0.4 is 4.90 Å². The highest BCUT2D eigenvalue weighted by atomic mass is 35.5. The Balaban J connectivity index is 1.81. The Hall–Kier alpha value is -2.33. The van der Waals surface area contributed by atoms with Gasteiger partial charge in [0.1, 0.15) is 11.0 Å². The van der Waals surface area contributed by atoms with Crippen molar-refractivity contribution in [2.24, 2.45) is 0 Å². The molecule has 0 saturated carbocycles. The maximum atomic E-state index is 6.20. The van der Waals surface area contributed by atoms with Crippen molar-refractivity contribution >= 4 is 28.6 Å². The number of allylic oxidation sites excluding steroid dienone is 5. The highest BCUT2D eigenvalue weighted by Gasteiger charge is 2.18. The van der Waals surface area contributed by atoms with E-state index in [1.807, 2.05) is 47.0 Å². The number of fused-ring (bicyclic) bond motifs is 1. The van der Waals surface area contributed by atoms with Gasteiger partial charge in [0.05, 0.1) is 18.9 Å². The third-order valence-corrected chi connectivity index (χ3v) is 4.03. The van der Waals surface area contributed by atoms with E-state index in [9.17, 15) is 0 Å². The second-order valence-corrected chi connectivity index (χ2v) is 5.70. The highest BCUT2D eigenvalue weighted by Crippen LogP contribution is 2.24. The van der Waals surface area contributed by atoms with Gasteiger partial charge in [0.25, 0.3) is 0 Å². The molecule has 3 heterocycles. The second kappa shape index (κ2) is 6.05. The van der Waals surface area contributed by atoms with Crippen molar-refractivity contribution < 1.29 is 4.74 Å². The first-order valence-electron chi connectivity index (χ1n) is 7.50. The normalized spacial score (nSPS) is 17.6. The minimum Gasteiger partial charge on any atom is -0.378 e. The van der Waals surface area contributed by atoms with Crippen LogP contribution in [0.15, 0.2) is 48.2 Å². The van der Waals surface area contributed by atoms with Gasteiger partial charge in [-0.2, -0.15) is 9.61 Å². The average Bonchev–Trinajstić information content (AvgIpc) is 2.81. The summed E-state index contributed by atoms with van der Waals surface area (Å²) in [6.07, 6.45) is 9.69. The summed E-state index contributed by atoms with van der Waals surface area (Å²) in [6.45, 7) is 3.06. The largest absolute Gasteiger partial charge is 0.378 e. The number of anilines is 1. The standard InChI is InChI=1S/C17H15ClN4O/c18-15-12-17(21-7-9-23-10-8-21)22-16(19-15)11-14(20-22)13-5-3-1-2-4-6-13/h1,3-6,11-12H,7-10H2. The molecule has 6 heteroatoms. The third-order valence-electron chi connectivity index (χ3n) is 3.84.